The maximum absolute atomic E-state index is 12.6. The standard InChI is InChI=1S/C21H31N3O2/c1-2-18-7-9-19(10-8-18)21(26)24-15-13-22(14-16-24)17-20(25)23-11-5-3-4-6-12-23/h7-10H,2-6,11-17H2,1H3. The third-order valence-corrected chi connectivity index (χ3v) is 5.59. The highest BCUT2D eigenvalue weighted by molar-refractivity contribution is 5.94. The Hall–Kier alpha value is -1.88. The molecule has 0 aliphatic carbocycles. The van der Waals surface area contributed by atoms with Gasteiger partial charge in [-0.25, -0.2) is 0 Å². The summed E-state index contributed by atoms with van der Waals surface area (Å²) >= 11 is 0. The molecule has 5 nitrogen and oxygen atoms in total. The molecule has 0 aromatic heterocycles. The van der Waals surface area contributed by atoms with Crippen LogP contribution in [0.25, 0.3) is 0 Å². The largest absolute Gasteiger partial charge is 0.342 e. The molecular weight excluding hydrogens is 326 g/mol. The van der Waals surface area contributed by atoms with E-state index < -0.39 is 0 Å². The molecule has 2 saturated heterocycles. The number of carbonyl (C=O) groups excluding carboxylic acids is 2. The van der Waals surface area contributed by atoms with Gasteiger partial charge in [0.05, 0.1) is 6.54 Å². The van der Waals surface area contributed by atoms with Crippen molar-refractivity contribution in [2.75, 3.05) is 45.8 Å². The monoisotopic (exact) mass is 357 g/mol. The smallest absolute Gasteiger partial charge is 0.253 e. The topological polar surface area (TPSA) is 43.9 Å². The first-order valence-electron chi connectivity index (χ1n) is 10.1. The fourth-order valence-corrected chi connectivity index (χ4v) is 3.79. The molecule has 5 heteroatoms. The van der Waals surface area contributed by atoms with Crippen LogP contribution in [-0.2, 0) is 11.2 Å². The Morgan fingerprint density at radius 2 is 1.42 bits per heavy atom. The molecule has 0 spiro atoms. The van der Waals surface area contributed by atoms with Gasteiger partial charge in [0.1, 0.15) is 0 Å². The van der Waals surface area contributed by atoms with Gasteiger partial charge in [0.2, 0.25) is 5.91 Å². The number of nitrogens with zero attached hydrogens (tertiary/aromatic N) is 3. The molecule has 0 atom stereocenters. The van der Waals surface area contributed by atoms with Gasteiger partial charge in [0.15, 0.2) is 0 Å². The van der Waals surface area contributed by atoms with Gasteiger partial charge in [0.25, 0.3) is 5.91 Å². The van der Waals surface area contributed by atoms with Crippen molar-refractivity contribution in [2.24, 2.45) is 0 Å². The molecule has 142 valence electrons. The molecule has 1 aromatic carbocycles. The first-order chi connectivity index (χ1) is 12.7. The molecule has 3 rings (SSSR count). The Morgan fingerprint density at radius 1 is 0.808 bits per heavy atom. The van der Waals surface area contributed by atoms with Crippen molar-refractivity contribution in [3.63, 3.8) is 0 Å². The Bertz CT molecular complexity index is 598. The van der Waals surface area contributed by atoms with Gasteiger partial charge >= 0.3 is 0 Å². The number of hydrogen-bond donors (Lipinski definition) is 0. The molecule has 2 fully saturated rings. The molecule has 26 heavy (non-hydrogen) atoms. The third kappa shape index (κ3) is 4.85. The lowest BCUT2D eigenvalue weighted by Crippen LogP contribution is -2.51. The van der Waals surface area contributed by atoms with Gasteiger partial charge in [-0.1, -0.05) is 31.9 Å². The summed E-state index contributed by atoms with van der Waals surface area (Å²) in [6.45, 7) is 7.37. The van der Waals surface area contributed by atoms with E-state index >= 15 is 0 Å². The summed E-state index contributed by atoms with van der Waals surface area (Å²) in [5.41, 5.74) is 2.01. The van der Waals surface area contributed by atoms with E-state index in [9.17, 15) is 9.59 Å². The highest BCUT2D eigenvalue weighted by Crippen LogP contribution is 2.13. The molecule has 2 aliphatic rings. The predicted molar refractivity (Wildman–Crippen MR) is 103 cm³/mol. The van der Waals surface area contributed by atoms with Crippen LogP contribution in [0.2, 0.25) is 0 Å². The van der Waals surface area contributed by atoms with Gasteiger partial charge in [-0.2, -0.15) is 0 Å². The first-order valence-corrected chi connectivity index (χ1v) is 10.1. The van der Waals surface area contributed by atoms with Crippen molar-refractivity contribution in [1.82, 2.24) is 14.7 Å². The lowest BCUT2D eigenvalue weighted by molar-refractivity contribution is -0.132. The average molecular weight is 357 g/mol. The number of piperazine rings is 1. The zero-order valence-corrected chi connectivity index (χ0v) is 16.0. The summed E-state index contributed by atoms with van der Waals surface area (Å²) in [5, 5.41) is 0. The highest BCUT2D eigenvalue weighted by Gasteiger charge is 2.25. The minimum absolute atomic E-state index is 0.103. The molecule has 0 unspecified atom stereocenters. The van der Waals surface area contributed by atoms with Crippen LogP contribution in [0.4, 0.5) is 0 Å². The van der Waals surface area contributed by atoms with Crippen molar-refractivity contribution in [3.05, 3.63) is 35.4 Å². The van der Waals surface area contributed by atoms with Crippen LogP contribution in [0.5, 0.6) is 0 Å². The first kappa shape index (κ1) is 18.9. The fraction of sp³-hybridized carbons (Fsp3) is 0.619. The molecular formula is C21H31N3O2. The summed E-state index contributed by atoms with van der Waals surface area (Å²) in [7, 11) is 0. The average Bonchev–Trinajstić information content (AvgIpc) is 2.98. The Kier molecular flexibility index (Phi) is 6.67. The number of hydrogen-bond acceptors (Lipinski definition) is 3. The van der Waals surface area contributed by atoms with E-state index in [1.807, 2.05) is 34.1 Å². The SMILES string of the molecule is CCc1ccc(C(=O)N2CCN(CC(=O)N3CCCCCC3)CC2)cc1. The number of carbonyl (C=O) groups is 2. The van der Waals surface area contributed by atoms with E-state index in [0.29, 0.717) is 19.6 Å². The third-order valence-electron chi connectivity index (χ3n) is 5.59. The minimum Gasteiger partial charge on any atom is -0.342 e. The summed E-state index contributed by atoms with van der Waals surface area (Å²) in [5.74, 6) is 0.355. The maximum Gasteiger partial charge on any atom is 0.253 e. The van der Waals surface area contributed by atoms with Gasteiger partial charge < -0.3 is 9.80 Å². The molecule has 2 heterocycles. The van der Waals surface area contributed by atoms with Crippen molar-refractivity contribution in [3.8, 4) is 0 Å². The molecule has 0 saturated carbocycles. The van der Waals surface area contributed by atoms with Gasteiger partial charge in [-0.05, 0) is 37.0 Å². The Labute approximate surface area is 156 Å². The quantitative estimate of drug-likeness (QED) is 0.831. The summed E-state index contributed by atoms with van der Waals surface area (Å²) in [6, 6.07) is 7.92. The van der Waals surface area contributed by atoms with Crippen LogP contribution in [0, 0.1) is 0 Å². The van der Waals surface area contributed by atoms with Crippen LogP contribution >= 0.6 is 0 Å². The van der Waals surface area contributed by atoms with Crippen LogP contribution in [-0.4, -0.2) is 72.3 Å². The summed E-state index contributed by atoms with van der Waals surface area (Å²) in [4.78, 5) is 31.3. The van der Waals surface area contributed by atoms with E-state index in [4.69, 9.17) is 0 Å². The summed E-state index contributed by atoms with van der Waals surface area (Å²) < 4.78 is 0. The van der Waals surface area contributed by atoms with E-state index in [1.54, 1.807) is 0 Å². The van der Waals surface area contributed by atoms with Gasteiger partial charge in [0, 0.05) is 44.8 Å². The van der Waals surface area contributed by atoms with Crippen molar-refractivity contribution < 1.29 is 9.59 Å². The van der Waals surface area contributed by atoms with Crippen molar-refractivity contribution in [1.29, 1.82) is 0 Å². The highest BCUT2D eigenvalue weighted by atomic mass is 16.2. The normalized spacial score (nSPS) is 19.3. The van der Waals surface area contributed by atoms with Crippen LogP contribution < -0.4 is 0 Å². The number of likely N-dealkylation sites (tertiary alicyclic amines) is 1. The molecule has 2 aliphatic heterocycles. The Balaban J connectivity index is 1.47. The van der Waals surface area contributed by atoms with Gasteiger partial charge in [-0.3, -0.25) is 14.5 Å². The second kappa shape index (κ2) is 9.17. The van der Waals surface area contributed by atoms with Crippen LogP contribution in [0.3, 0.4) is 0 Å². The zero-order chi connectivity index (χ0) is 18.4. The number of amides is 2. The second-order valence-corrected chi connectivity index (χ2v) is 7.41. The van der Waals surface area contributed by atoms with E-state index in [-0.39, 0.29) is 11.8 Å². The minimum atomic E-state index is 0.103. The molecule has 0 N–H and O–H groups in total. The number of benzene rings is 1. The molecule has 2 amide bonds. The Morgan fingerprint density at radius 3 is 2.00 bits per heavy atom. The summed E-state index contributed by atoms with van der Waals surface area (Å²) in [6.07, 6.45) is 5.72. The number of rotatable bonds is 4. The molecule has 0 bridgehead atoms. The zero-order valence-electron chi connectivity index (χ0n) is 16.0. The lowest BCUT2D eigenvalue weighted by atomic mass is 10.1. The predicted octanol–water partition coefficient (Wildman–Crippen LogP) is 2.41. The fourth-order valence-electron chi connectivity index (χ4n) is 3.79. The van der Waals surface area contributed by atoms with E-state index in [1.165, 1.54) is 18.4 Å². The van der Waals surface area contributed by atoms with Crippen molar-refractivity contribution >= 4 is 11.8 Å². The van der Waals surface area contributed by atoms with Crippen LogP contribution in [0.15, 0.2) is 24.3 Å². The van der Waals surface area contributed by atoms with E-state index in [0.717, 1.165) is 51.0 Å². The molecule has 1 aromatic rings. The van der Waals surface area contributed by atoms with Crippen LogP contribution in [0.1, 0.15) is 48.5 Å². The van der Waals surface area contributed by atoms with Crippen molar-refractivity contribution in [2.45, 2.75) is 39.0 Å². The second-order valence-electron chi connectivity index (χ2n) is 7.41. The maximum atomic E-state index is 12.6. The number of aryl methyl sites for hydroxylation is 1. The molecule has 0 radical (unpaired) electrons. The van der Waals surface area contributed by atoms with Gasteiger partial charge in [-0.15, -0.1) is 0 Å². The van der Waals surface area contributed by atoms with E-state index in [2.05, 4.69) is 11.8 Å². The lowest BCUT2D eigenvalue weighted by Gasteiger charge is -2.35.